The van der Waals surface area contributed by atoms with E-state index in [-0.39, 0.29) is 17.0 Å². The Morgan fingerprint density at radius 2 is 2.17 bits per heavy atom. The molecule has 1 saturated carbocycles. The Labute approximate surface area is 143 Å². The number of amides is 1. The SMILES string of the molecule is O=C1[C@H](SCc2nnnn2C2CC2)CCCN1c1cccc(F)c1. The van der Waals surface area contributed by atoms with Gasteiger partial charge in [0.2, 0.25) is 5.91 Å². The van der Waals surface area contributed by atoms with Gasteiger partial charge in [0.25, 0.3) is 0 Å². The van der Waals surface area contributed by atoms with Gasteiger partial charge in [0.15, 0.2) is 5.82 Å². The van der Waals surface area contributed by atoms with Crippen LogP contribution in [0.15, 0.2) is 24.3 Å². The predicted octanol–water partition coefficient (Wildman–Crippen LogP) is 2.58. The van der Waals surface area contributed by atoms with Crippen molar-refractivity contribution in [2.24, 2.45) is 0 Å². The van der Waals surface area contributed by atoms with Crippen molar-refractivity contribution in [3.8, 4) is 0 Å². The van der Waals surface area contributed by atoms with E-state index < -0.39 is 0 Å². The molecule has 0 unspecified atom stereocenters. The van der Waals surface area contributed by atoms with Crippen LogP contribution >= 0.6 is 11.8 Å². The number of carbonyl (C=O) groups is 1. The first-order valence-corrected chi connectivity index (χ1v) is 9.22. The lowest BCUT2D eigenvalue weighted by Crippen LogP contribution is -2.43. The molecular weight excluding hydrogens is 329 g/mol. The number of rotatable bonds is 5. The third kappa shape index (κ3) is 3.15. The maximum atomic E-state index is 13.4. The van der Waals surface area contributed by atoms with E-state index in [4.69, 9.17) is 0 Å². The van der Waals surface area contributed by atoms with Crippen molar-refractivity contribution in [2.75, 3.05) is 11.4 Å². The number of halogens is 1. The number of hydrogen-bond acceptors (Lipinski definition) is 5. The summed E-state index contributed by atoms with van der Waals surface area (Å²) >= 11 is 1.58. The molecule has 0 spiro atoms. The average molecular weight is 347 g/mol. The fourth-order valence-corrected chi connectivity index (χ4v) is 4.13. The van der Waals surface area contributed by atoms with Crippen LogP contribution in [0.5, 0.6) is 0 Å². The quantitative estimate of drug-likeness (QED) is 0.832. The predicted molar refractivity (Wildman–Crippen MR) is 89.2 cm³/mol. The molecule has 24 heavy (non-hydrogen) atoms. The number of benzene rings is 1. The monoisotopic (exact) mass is 347 g/mol. The van der Waals surface area contributed by atoms with Crippen molar-refractivity contribution in [1.29, 1.82) is 0 Å². The van der Waals surface area contributed by atoms with Crippen molar-refractivity contribution < 1.29 is 9.18 Å². The molecule has 1 amide bonds. The van der Waals surface area contributed by atoms with E-state index in [0.717, 1.165) is 31.5 Å². The van der Waals surface area contributed by atoms with Gasteiger partial charge in [-0.1, -0.05) is 6.07 Å². The molecule has 1 aliphatic carbocycles. The number of piperidine rings is 1. The van der Waals surface area contributed by atoms with Crippen molar-refractivity contribution in [1.82, 2.24) is 20.2 Å². The van der Waals surface area contributed by atoms with Crippen LogP contribution in [0.4, 0.5) is 10.1 Å². The van der Waals surface area contributed by atoms with Gasteiger partial charge in [-0.25, -0.2) is 9.07 Å². The first-order chi connectivity index (χ1) is 11.7. The van der Waals surface area contributed by atoms with Crippen LogP contribution in [0.2, 0.25) is 0 Å². The molecule has 6 nitrogen and oxygen atoms in total. The fourth-order valence-electron chi connectivity index (χ4n) is 2.98. The lowest BCUT2D eigenvalue weighted by molar-refractivity contribution is -0.119. The molecule has 2 fully saturated rings. The Kier molecular flexibility index (Phi) is 4.22. The third-order valence-electron chi connectivity index (χ3n) is 4.38. The summed E-state index contributed by atoms with van der Waals surface area (Å²) in [5.41, 5.74) is 0.633. The number of carbonyl (C=O) groups excluding carboxylic acids is 1. The van der Waals surface area contributed by atoms with Crippen LogP contribution in [-0.4, -0.2) is 37.9 Å². The standard InChI is InChI=1S/C16H18FN5OS/c17-11-3-1-4-13(9-11)21-8-2-5-14(16(21)23)24-10-15-18-19-20-22(15)12-6-7-12/h1,3-4,9,12,14H,2,5-8,10H2/t14-/m1/s1. The number of aromatic nitrogens is 4. The van der Waals surface area contributed by atoms with Crippen molar-refractivity contribution >= 4 is 23.4 Å². The molecule has 1 atom stereocenters. The number of tetrazole rings is 1. The van der Waals surface area contributed by atoms with Gasteiger partial charge in [-0.2, -0.15) is 0 Å². The van der Waals surface area contributed by atoms with Crippen LogP contribution in [0.1, 0.15) is 37.5 Å². The zero-order chi connectivity index (χ0) is 16.5. The zero-order valence-corrected chi connectivity index (χ0v) is 14.0. The van der Waals surface area contributed by atoms with Crippen molar-refractivity contribution in [3.63, 3.8) is 0 Å². The summed E-state index contributed by atoms with van der Waals surface area (Å²) in [6.07, 6.45) is 3.99. The summed E-state index contributed by atoms with van der Waals surface area (Å²) in [6, 6.07) is 6.65. The van der Waals surface area contributed by atoms with Crippen LogP contribution in [-0.2, 0) is 10.5 Å². The molecule has 0 N–H and O–H groups in total. The molecule has 2 aromatic rings. The summed E-state index contributed by atoms with van der Waals surface area (Å²) in [6.45, 7) is 0.638. The van der Waals surface area contributed by atoms with Crippen LogP contribution < -0.4 is 4.90 Å². The Hall–Kier alpha value is -1.96. The van der Waals surface area contributed by atoms with E-state index >= 15 is 0 Å². The number of anilines is 1. The minimum Gasteiger partial charge on any atom is -0.311 e. The number of nitrogens with zero attached hydrogens (tertiary/aromatic N) is 5. The van der Waals surface area contributed by atoms with Gasteiger partial charge in [-0.3, -0.25) is 4.79 Å². The van der Waals surface area contributed by atoms with E-state index in [1.165, 1.54) is 12.1 Å². The van der Waals surface area contributed by atoms with Gasteiger partial charge < -0.3 is 4.90 Å². The molecule has 8 heteroatoms. The Bertz CT molecular complexity index is 748. The summed E-state index contributed by atoms with van der Waals surface area (Å²) in [4.78, 5) is 14.4. The lowest BCUT2D eigenvalue weighted by atomic mass is 10.1. The highest BCUT2D eigenvalue weighted by atomic mass is 32.2. The van der Waals surface area contributed by atoms with Crippen molar-refractivity contribution in [3.05, 3.63) is 35.9 Å². The molecule has 1 aromatic carbocycles. The molecule has 0 radical (unpaired) electrons. The maximum absolute atomic E-state index is 13.4. The first kappa shape index (κ1) is 15.6. The Morgan fingerprint density at radius 3 is 2.96 bits per heavy atom. The molecule has 1 saturated heterocycles. The number of hydrogen-bond donors (Lipinski definition) is 0. The second-order valence-corrected chi connectivity index (χ2v) is 7.37. The van der Waals surface area contributed by atoms with Crippen molar-refractivity contribution in [2.45, 2.75) is 42.7 Å². The van der Waals surface area contributed by atoms with Gasteiger partial charge in [-0.15, -0.1) is 16.9 Å². The first-order valence-electron chi connectivity index (χ1n) is 8.17. The van der Waals surface area contributed by atoms with Crippen LogP contribution in [0, 0.1) is 5.82 Å². The highest BCUT2D eigenvalue weighted by Gasteiger charge is 2.32. The topological polar surface area (TPSA) is 63.9 Å². The van der Waals surface area contributed by atoms with Gasteiger partial charge in [0.1, 0.15) is 5.82 Å². The van der Waals surface area contributed by atoms with Crippen LogP contribution in [0.3, 0.4) is 0 Å². The molecular formula is C16H18FN5OS. The molecule has 4 rings (SSSR count). The molecule has 1 aromatic heterocycles. The maximum Gasteiger partial charge on any atom is 0.240 e. The minimum absolute atomic E-state index is 0.0438. The molecule has 0 bridgehead atoms. The van der Waals surface area contributed by atoms with Gasteiger partial charge in [-0.05, 0) is 54.3 Å². The zero-order valence-electron chi connectivity index (χ0n) is 13.1. The molecule has 1 aliphatic heterocycles. The van der Waals surface area contributed by atoms with E-state index in [1.807, 2.05) is 4.68 Å². The normalized spacial score (nSPS) is 21.3. The molecule has 2 aliphatic rings. The highest BCUT2D eigenvalue weighted by molar-refractivity contribution is 7.99. The largest absolute Gasteiger partial charge is 0.311 e. The van der Waals surface area contributed by atoms with E-state index in [0.29, 0.717) is 24.0 Å². The highest BCUT2D eigenvalue weighted by Crippen LogP contribution is 2.36. The van der Waals surface area contributed by atoms with E-state index in [9.17, 15) is 9.18 Å². The van der Waals surface area contributed by atoms with E-state index in [2.05, 4.69) is 15.5 Å². The second kappa shape index (κ2) is 6.51. The average Bonchev–Trinajstić information content (AvgIpc) is 3.32. The third-order valence-corrected chi connectivity index (χ3v) is 5.64. The molecule has 126 valence electrons. The molecule has 2 heterocycles. The minimum atomic E-state index is -0.321. The summed E-state index contributed by atoms with van der Waals surface area (Å²) in [5.74, 6) is 1.18. The Morgan fingerprint density at radius 1 is 1.29 bits per heavy atom. The lowest BCUT2D eigenvalue weighted by Gasteiger charge is -2.32. The van der Waals surface area contributed by atoms with Gasteiger partial charge >= 0.3 is 0 Å². The summed E-state index contributed by atoms with van der Waals surface area (Å²) in [7, 11) is 0. The fraction of sp³-hybridized carbons (Fsp3) is 0.500. The summed E-state index contributed by atoms with van der Waals surface area (Å²) in [5, 5.41) is 11.7. The summed E-state index contributed by atoms with van der Waals surface area (Å²) < 4.78 is 15.3. The van der Waals surface area contributed by atoms with Crippen LogP contribution in [0.25, 0.3) is 0 Å². The number of thioether (sulfide) groups is 1. The van der Waals surface area contributed by atoms with Gasteiger partial charge in [0, 0.05) is 12.2 Å². The second-order valence-electron chi connectivity index (χ2n) is 6.18. The Balaban J connectivity index is 1.43. The smallest absolute Gasteiger partial charge is 0.240 e. The van der Waals surface area contributed by atoms with Gasteiger partial charge in [0.05, 0.1) is 17.0 Å². The van der Waals surface area contributed by atoms with E-state index in [1.54, 1.807) is 28.8 Å².